The standard InChI is InChI=1S/C8H13N5/c1-5-6-7(10-12-9-6)13(11-5)8(2,3)4/h1-4H3,(H,9,10,12). The van der Waals surface area contributed by atoms with Crippen molar-refractivity contribution in [2.24, 2.45) is 0 Å². The Labute approximate surface area is 76.1 Å². The van der Waals surface area contributed by atoms with Gasteiger partial charge in [-0.1, -0.05) is 0 Å². The summed E-state index contributed by atoms with van der Waals surface area (Å²) in [7, 11) is 0. The van der Waals surface area contributed by atoms with Gasteiger partial charge < -0.3 is 0 Å². The first kappa shape index (κ1) is 8.22. The second-order valence-corrected chi connectivity index (χ2v) is 4.16. The molecule has 13 heavy (non-hydrogen) atoms. The minimum atomic E-state index is -0.0522. The number of aromatic nitrogens is 5. The van der Waals surface area contributed by atoms with Crippen LogP contribution in [0.15, 0.2) is 0 Å². The van der Waals surface area contributed by atoms with Gasteiger partial charge in [0.15, 0.2) is 5.52 Å². The molecule has 0 spiro atoms. The molecule has 2 rings (SSSR count). The van der Waals surface area contributed by atoms with E-state index in [-0.39, 0.29) is 5.54 Å². The Hall–Kier alpha value is -1.39. The predicted molar refractivity (Wildman–Crippen MR) is 49.4 cm³/mol. The van der Waals surface area contributed by atoms with Crippen LogP contribution in [0.3, 0.4) is 0 Å². The molecule has 1 N–H and O–H groups in total. The van der Waals surface area contributed by atoms with E-state index < -0.39 is 0 Å². The summed E-state index contributed by atoms with van der Waals surface area (Å²) in [6, 6.07) is 0. The molecule has 5 heteroatoms. The Morgan fingerprint density at radius 3 is 2.54 bits per heavy atom. The average molecular weight is 179 g/mol. The number of hydrogen-bond donors (Lipinski definition) is 1. The summed E-state index contributed by atoms with van der Waals surface area (Å²) in [6.07, 6.45) is 0. The van der Waals surface area contributed by atoms with Crippen LogP contribution in [-0.2, 0) is 5.54 Å². The fourth-order valence-electron chi connectivity index (χ4n) is 1.33. The highest BCUT2D eigenvalue weighted by molar-refractivity contribution is 5.72. The average Bonchev–Trinajstić information content (AvgIpc) is 2.51. The Morgan fingerprint density at radius 1 is 1.23 bits per heavy atom. The van der Waals surface area contributed by atoms with E-state index in [1.165, 1.54) is 0 Å². The van der Waals surface area contributed by atoms with Crippen LogP contribution in [0.1, 0.15) is 26.5 Å². The lowest BCUT2D eigenvalue weighted by Gasteiger charge is -2.18. The molecule has 5 nitrogen and oxygen atoms in total. The van der Waals surface area contributed by atoms with E-state index in [0.717, 1.165) is 16.9 Å². The normalized spacial score (nSPS) is 12.6. The molecule has 0 aromatic carbocycles. The minimum absolute atomic E-state index is 0.0522. The number of fused-ring (bicyclic) bond motifs is 1. The van der Waals surface area contributed by atoms with E-state index in [9.17, 15) is 0 Å². The third-order valence-electron chi connectivity index (χ3n) is 1.96. The maximum Gasteiger partial charge on any atom is 0.201 e. The zero-order valence-electron chi connectivity index (χ0n) is 8.29. The van der Waals surface area contributed by atoms with Crippen molar-refractivity contribution >= 4 is 11.2 Å². The van der Waals surface area contributed by atoms with Gasteiger partial charge in [-0.3, -0.25) is 0 Å². The third-order valence-corrected chi connectivity index (χ3v) is 1.96. The summed E-state index contributed by atoms with van der Waals surface area (Å²) in [6.45, 7) is 8.21. The van der Waals surface area contributed by atoms with Gasteiger partial charge in [0.05, 0.1) is 11.2 Å². The molecular formula is C8H13N5. The van der Waals surface area contributed by atoms with Crippen molar-refractivity contribution in [1.29, 1.82) is 0 Å². The molecule has 0 aliphatic heterocycles. The molecule has 2 heterocycles. The molecule has 70 valence electrons. The van der Waals surface area contributed by atoms with Crippen molar-refractivity contribution in [2.75, 3.05) is 0 Å². The second-order valence-electron chi connectivity index (χ2n) is 4.16. The molecule has 0 saturated carbocycles. The molecule has 2 aromatic rings. The van der Waals surface area contributed by atoms with Gasteiger partial charge in [-0.05, 0) is 27.7 Å². The highest BCUT2D eigenvalue weighted by Gasteiger charge is 2.20. The van der Waals surface area contributed by atoms with Crippen molar-refractivity contribution < 1.29 is 0 Å². The predicted octanol–water partition coefficient (Wildman–Crippen LogP) is 1.22. The number of hydrogen-bond acceptors (Lipinski definition) is 3. The maximum absolute atomic E-state index is 4.39. The number of nitrogens with one attached hydrogen (secondary N) is 1. The SMILES string of the molecule is Cc1nn(C(C)(C)C)c2n[nH]nc12. The minimum Gasteiger partial charge on any atom is -0.239 e. The smallest absolute Gasteiger partial charge is 0.201 e. The lowest BCUT2D eigenvalue weighted by atomic mass is 10.1. The lowest BCUT2D eigenvalue weighted by Crippen LogP contribution is -2.23. The number of rotatable bonds is 0. The highest BCUT2D eigenvalue weighted by Crippen LogP contribution is 2.20. The molecular weight excluding hydrogens is 166 g/mol. The summed E-state index contributed by atoms with van der Waals surface area (Å²) >= 11 is 0. The summed E-state index contributed by atoms with van der Waals surface area (Å²) in [5.41, 5.74) is 2.54. The molecule has 0 unspecified atom stereocenters. The molecule has 0 aliphatic carbocycles. The van der Waals surface area contributed by atoms with Crippen molar-refractivity contribution in [3.8, 4) is 0 Å². The van der Waals surface area contributed by atoms with Crippen LogP contribution in [0, 0.1) is 6.92 Å². The highest BCUT2D eigenvalue weighted by atomic mass is 15.4. The van der Waals surface area contributed by atoms with Crippen molar-refractivity contribution in [1.82, 2.24) is 25.2 Å². The molecule has 0 fully saturated rings. The third kappa shape index (κ3) is 1.11. The van der Waals surface area contributed by atoms with E-state index in [1.807, 2.05) is 11.6 Å². The number of nitrogens with zero attached hydrogens (tertiary/aromatic N) is 4. The molecule has 0 atom stereocenters. The summed E-state index contributed by atoms with van der Waals surface area (Å²) in [5.74, 6) is 0. The van der Waals surface area contributed by atoms with E-state index in [2.05, 4.69) is 41.3 Å². The molecule has 2 aromatic heterocycles. The monoisotopic (exact) mass is 179 g/mol. The largest absolute Gasteiger partial charge is 0.239 e. The molecule has 0 amide bonds. The quantitative estimate of drug-likeness (QED) is 0.661. The first-order chi connectivity index (χ1) is 6.00. The second kappa shape index (κ2) is 2.31. The number of aryl methyl sites for hydroxylation is 1. The van der Waals surface area contributed by atoms with Crippen LogP contribution >= 0.6 is 0 Å². The van der Waals surface area contributed by atoms with E-state index in [0.29, 0.717) is 0 Å². The van der Waals surface area contributed by atoms with Gasteiger partial charge in [0, 0.05) is 0 Å². The fraction of sp³-hybridized carbons (Fsp3) is 0.625. The van der Waals surface area contributed by atoms with Crippen LogP contribution in [0.4, 0.5) is 0 Å². The van der Waals surface area contributed by atoms with Crippen molar-refractivity contribution in [3.63, 3.8) is 0 Å². The summed E-state index contributed by atoms with van der Waals surface area (Å²) in [5, 5.41) is 15.1. The van der Waals surface area contributed by atoms with E-state index in [1.54, 1.807) is 0 Å². The topological polar surface area (TPSA) is 59.4 Å². The summed E-state index contributed by atoms with van der Waals surface area (Å²) in [4.78, 5) is 0. The number of H-pyrrole nitrogens is 1. The zero-order chi connectivity index (χ0) is 9.64. The maximum atomic E-state index is 4.39. The molecule has 0 bridgehead atoms. The molecule has 0 radical (unpaired) electrons. The summed E-state index contributed by atoms with van der Waals surface area (Å²) < 4.78 is 1.89. The van der Waals surface area contributed by atoms with Gasteiger partial charge in [0.2, 0.25) is 5.65 Å². The zero-order valence-corrected chi connectivity index (χ0v) is 8.29. The molecule has 0 saturated heterocycles. The van der Waals surface area contributed by atoms with Gasteiger partial charge in [0.1, 0.15) is 0 Å². The van der Waals surface area contributed by atoms with Crippen LogP contribution in [0.25, 0.3) is 11.2 Å². The van der Waals surface area contributed by atoms with Crippen molar-refractivity contribution in [3.05, 3.63) is 5.69 Å². The number of aromatic amines is 1. The Kier molecular flexibility index (Phi) is 1.46. The van der Waals surface area contributed by atoms with E-state index in [4.69, 9.17) is 0 Å². The van der Waals surface area contributed by atoms with Gasteiger partial charge in [-0.15, -0.1) is 5.10 Å². The Morgan fingerprint density at radius 2 is 1.92 bits per heavy atom. The van der Waals surface area contributed by atoms with Gasteiger partial charge in [0.25, 0.3) is 0 Å². The first-order valence-electron chi connectivity index (χ1n) is 4.27. The van der Waals surface area contributed by atoms with E-state index >= 15 is 0 Å². The van der Waals surface area contributed by atoms with Crippen molar-refractivity contribution in [2.45, 2.75) is 33.2 Å². The Balaban J connectivity index is 2.76. The van der Waals surface area contributed by atoms with Crippen LogP contribution in [0.2, 0.25) is 0 Å². The van der Waals surface area contributed by atoms with Crippen LogP contribution < -0.4 is 0 Å². The first-order valence-corrected chi connectivity index (χ1v) is 4.27. The fourth-order valence-corrected chi connectivity index (χ4v) is 1.33. The Bertz CT molecular complexity index is 431. The van der Waals surface area contributed by atoms with Gasteiger partial charge in [-0.2, -0.15) is 15.4 Å². The lowest BCUT2D eigenvalue weighted by molar-refractivity contribution is 0.363. The van der Waals surface area contributed by atoms with Gasteiger partial charge >= 0.3 is 0 Å². The molecule has 0 aliphatic rings. The van der Waals surface area contributed by atoms with Gasteiger partial charge in [-0.25, -0.2) is 4.68 Å². The van der Waals surface area contributed by atoms with Crippen LogP contribution in [0.5, 0.6) is 0 Å². The van der Waals surface area contributed by atoms with Crippen LogP contribution in [-0.4, -0.2) is 25.2 Å².